The summed E-state index contributed by atoms with van der Waals surface area (Å²) in [6.07, 6.45) is 4.25. The molecule has 112 valence electrons. The van der Waals surface area contributed by atoms with E-state index in [2.05, 4.69) is 36.3 Å². The summed E-state index contributed by atoms with van der Waals surface area (Å²) in [5.41, 5.74) is 1.22. The predicted octanol–water partition coefficient (Wildman–Crippen LogP) is 3.53. The highest BCUT2D eigenvalue weighted by molar-refractivity contribution is 5.36. The maximum Gasteiger partial charge on any atom is 0.235 e. The molecule has 0 aliphatic carbocycles. The molecule has 1 saturated heterocycles. The van der Waals surface area contributed by atoms with E-state index in [9.17, 15) is 0 Å². The van der Waals surface area contributed by atoms with Crippen LogP contribution in [0.3, 0.4) is 0 Å². The van der Waals surface area contributed by atoms with Crippen molar-refractivity contribution < 1.29 is 9.15 Å². The second-order valence-corrected chi connectivity index (χ2v) is 5.85. The van der Waals surface area contributed by atoms with Crippen molar-refractivity contribution in [3.05, 3.63) is 48.2 Å². The van der Waals surface area contributed by atoms with E-state index in [0.29, 0.717) is 17.7 Å². The van der Waals surface area contributed by atoms with Crippen LogP contribution >= 0.6 is 0 Å². The van der Waals surface area contributed by atoms with Crippen molar-refractivity contribution >= 4 is 0 Å². The lowest BCUT2D eigenvalue weighted by molar-refractivity contribution is 0.113. The Kier molecular flexibility index (Phi) is 4.25. The van der Waals surface area contributed by atoms with Crippen molar-refractivity contribution in [3.63, 3.8) is 0 Å². The van der Waals surface area contributed by atoms with Crippen molar-refractivity contribution in [3.8, 4) is 5.75 Å². The van der Waals surface area contributed by atoms with E-state index in [4.69, 9.17) is 9.15 Å². The Balaban J connectivity index is 1.88. The smallest absolute Gasteiger partial charge is 0.235 e. The molecule has 21 heavy (non-hydrogen) atoms. The lowest BCUT2D eigenvalue weighted by Crippen LogP contribution is -2.22. The maximum absolute atomic E-state index is 6.34. The van der Waals surface area contributed by atoms with Crippen molar-refractivity contribution in [1.82, 2.24) is 10.3 Å². The Labute approximate surface area is 125 Å². The molecule has 0 amide bonds. The summed E-state index contributed by atoms with van der Waals surface area (Å²) in [6, 6.07) is 8.23. The van der Waals surface area contributed by atoms with Gasteiger partial charge in [0.2, 0.25) is 5.89 Å². The van der Waals surface area contributed by atoms with Gasteiger partial charge in [0.1, 0.15) is 12.0 Å². The van der Waals surface area contributed by atoms with Crippen LogP contribution in [0.15, 0.2) is 41.1 Å². The molecular formula is C17H22N2O2. The van der Waals surface area contributed by atoms with Crippen LogP contribution in [-0.2, 0) is 0 Å². The largest absolute Gasteiger partial charge is 0.480 e. The van der Waals surface area contributed by atoms with E-state index in [1.807, 2.05) is 12.1 Å². The number of rotatable bonds is 5. The molecule has 0 bridgehead atoms. The molecule has 2 aromatic rings. The van der Waals surface area contributed by atoms with Crippen molar-refractivity contribution in [2.75, 3.05) is 13.1 Å². The van der Waals surface area contributed by atoms with E-state index >= 15 is 0 Å². The second-order valence-electron chi connectivity index (χ2n) is 5.85. The summed E-state index contributed by atoms with van der Waals surface area (Å²) in [5.74, 6) is 2.42. The fourth-order valence-corrected chi connectivity index (χ4v) is 2.86. The third kappa shape index (κ3) is 3.10. The minimum absolute atomic E-state index is 0.130. The van der Waals surface area contributed by atoms with Gasteiger partial charge in [-0.2, -0.15) is 0 Å². The van der Waals surface area contributed by atoms with Gasteiger partial charge >= 0.3 is 0 Å². The second kappa shape index (κ2) is 6.31. The molecule has 1 aliphatic rings. The summed E-state index contributed by atoms with van der Waals surface area (Å²) in [4.78, 5) is 4.31. The van der Waals surface area contributed by atoms with E-state index in [0.717, 1.165) is 25.3 Å². The number of hydrogen-bond donors (Lipinski definition) is 1. The summed E-state index contributed by atoms with van der Waals surface area (Å²) in [7, 11) is 0. The Morgan fingerprint density at radius 3 is 2.86 bits per heavy atom. The third-order valence-corrected chi connectivity index (χ3v) is 4.02. The van der Waals surface area contributed by atoms with Gasteiger partial charge in [-0.25, -0.2) is 4.98 Å². The molecule has 0 saturated carbocycles. The van der Waals surface area contributed by atoms with Crippen LogP contribution in [0, 0.1) is 5.92 Å². The minimum Gasteiger partial charge on any atom is -0.480 e. The zero-order chi connectivity index (χ0) is 14.7. The molecule has 1 unspecified atom stereocenters. The number of nitrogens with one attached hydrogen (secondary N) is 1. The first kappa shape index (κ1) is 14.1. The maximum atomic E-state index is 6.34. The Morgan fingerprint density at radius 2 is 2.19 bits per heavy atom. The highest BCUT2D eigenvalue weighted by atomic mass is 16.5. The molecule has 3 rings (SSSR count). The number of aromatic nitrogens is 1. The van der Waals surface area contributed by atoms with Gasteiger partial charge in [-0.05, 0) is 30.5 Å². The summed E-state index contributed by atoms with van der Waals surface area (Å²) in [5, 5.41) is 3.39. The number of hydrogen-bond acceptors (Lipinski definition) is 4. The van der Waals surface area contributed by atoms with Crippen LogP contribution in [0.2, 0.25) is 0 Å². The molecule has 0 radical (unpaired) electrons. The normalized spacial score (nSPS) is 19.9. The van der Waals surface area contributed by atoms with Crippen molar-refractivity contribution in [2.24, 2.45) is 5.92 Å². The van der Waals surface area contributed by atoms with Gasteiger partial charge in [-0.3, -0.25) is 0 Å². The van der Waals surface area contributed by atoms with Crippen LogP contribution in [0.4, 0.5) is 0 Å². The average molecular weight is 286 g/mol. The molecule has 1 fully saturated rings. The fraction of sp³-hybridized carbons (Fsp3) is 0.471. The summed E-state index contributed by atoms with van der Waals surface area (Å²) >= 11 is 0. The third-order valence-electron chi connectivity index (χ3n) is 4.02. The summed E-state index contributed by atoms with van der Waals surface area (Å²) < 4.78 is 11.9. The first-order valence-electron chi connectivity index (χ1n) is 7.61. The zero-order valence-corrected chi connectivity index (χ0v) is 12.6. The molecule has 2 atom stereocenters. The number of oxazole rings is 1. The Bertz CT molecular complexity index is 560. The number of ether oxygens (including phenoxy) is 1. The lowest BCUT2D eigenvalue weighted by atomic mass is 9.99. The Hall–Kier alpha value is -1.81. The molecular weight excluding hydrogens is 264 g/mol. The van der Waals surface area contributed by atoms with Crippen LogP contribution in [-0.4, -0.2) is 18.1 Å². The highest BCUT2D eigenvalue weighted by Crippen LogP contribution is 2.34. The fourth-order valence-electron chi connectivity index (χ4n) is 2.86. The molecule has 1 aliphatic heterocycles. The van der Waals surface area contributed by atoms with E-state index in [-0.39, 0.29) is 6.10 Å². The molecule has 4 heteroatoms. The average Bonchev–Trinajstić information content (AvgIpc) is 3.18. The van der Waals surface area contributed by atoms with Crippen molar-refractivity contribution in [2.45, 2.75) is 32.3 Å². The van der Waals surface area contributed by atoms with Crippen LogP contribution in [0.1, 0.15) is 43.7 Å². The summed E-state index contributed by atoms with van der Waals surface area (Å²) in [6.45, 7) is 6.33. The lowest BCUT2D eigenvalue weighted by Gasteiger charge is -2.23. The van der Waals surface area contributed by atoms with Gasteiger partial charge in [-0.15, -0.1) is 0 Å². The molecule has 2 heterocycles. The van der Waals surface area contributed by atoms with Gasteiger partial charge in [0.25, 0.3) is 0 Å². The molecule has 1 aromatic heterocycles. The number of benzene rings is 1. The topological polar surface area (TPSA) is 47.3 Å². The highest BCUT2D eigenvalue weighted by Gasteiger charge is 2.31. The first-order valence-corrected chi connectivity index (χ1v) is 7.61. The quantitative estimate of drug-likeness (QED) is 0.913. The van der Waals surface area contributed by atoms with Gasteiger partial charge in [0.15, 0.2) is 6.10 Å². The molecule has 0 spiro atoms. The van der Waals surface area contributed by atoms with Gasteiger partial charge in [0.05, 0.1) is 6.20 Å². The van der Waals surface area contributed by atoms with Crippen LogP contribution in [0.5, 0.6) is 5.75 Å². The standard InChI is InChI=1S/C17H22N2O2/c1-12(2)14-5-3-4-6-15(14)21-16(13-7-8-18-11-13)17-19-9-10-20-17/h3-6,9-10,12-13,16,18H,7-8,11H2,1-2H3/t13-,16?/m0/s1. The number of para-hydroxylation sites is 1. The number of nitrogens with zero attached hydrogens (tertiary/aromatic N) is 1. The van der Waals surface area contributed by atoms with Gasteiger partial charge in [0, 0.05) is 12.5 Å². The van der Waals surface area contributed by atoms with Gasteiger partial charge in [-0.1, -0.05) is 32.0 Å². The SMILES string of the molecule is CC(C)c1ccccc1OC(c1ncco1)[C@H]1CCNC1. The van der Waals surface area contributed by atoms with E-state index in [1.54, 1.807) is 12.5 Å². The molecule has 1 aromatic carbocycles. The van der Waals surface area contributed by atoms with Crippen molar-refractivity contribution in [1.29, 1.82) is 0 Å². The van der Waals surface area contributed by atoms with E-state index < -0.39 is 0 Å². The van der Waals surface area contributed by atoms with Crippen LogP contribution in [0.25, 0.3) is 0 Å². The Morgan fingerprint density at radius 1 is 1.33 bits per heavy atom. The minimum atomic E-state index is -0.130. The predicted molar refractivity (Wildman–Crippen MR) is 81.4 cm³/mol. The molecule has 1 N–H and O–H groups in total. The monoisotopic (exact) mass is 286 g/mol. The zero-order valence-electron chi connectivity index (χ0n) is 12.6. The van der Waals surface area contributed by atoms with Gasteiger partial charge < -0.3 is 14.5 Å². The van der Waals surface area contributed by atoms with Crippen LogP contribution < -0.4 is 10.1 Å². The van der Waals surface area contributed by atoms with E-state index in [1.165, 1.54) is 5.56 Å². The molecule has 4 nitrogen and oxygen atoms in total. The first-order chi connectivity index (χ1) is 10.3.